The molecule has 6 nitrogen and oxygen atoms in total. The van der Waals surface area contributed by atoms with Gasteiger partial charge in [-0.3, -0.25) is 4.98 Å². The Hall–Kier alpha value is -2.71. The van der Waals surface area contributed by atoms with Gasteiger partial charge in [-0.15, -0.1) is 0 Å². The van der Waals surface area contributed by atoms with E-state index in [0.29, 0.717) is 5.56 Å². The van der Waals surface area contributed by atoms with Crippen molar-refractivity contribution in [1.82, 2.24) is 9.71 Å². The van der Waals surface area contributed by atoms with Crippen molar-refractivity contribution >= 4 is 10.0 Å². The molecule has 0 radical (unpaired) electrons. The Balaban J connectivity index is 1.81. The van der Waals surface area contributed by atoms with Crippen LogP contribution in [0.2, 0.25) is 0 Å². The zero-order valence-corrected chi connectivity index (χ0v) is 14.1. The number of nitrogens with one attached hydrogen (secondary N) is 1. The lowest BCUT2D eigenvalue weighted by Crippen LogP contribution is -2.24. The van der Waals surface area contributed by atoms with Crippen molar-refractivity contribution in [3.05, 3.63) is 66.6 Å². The van der Waals surface area contributed by atoms with Crippen molar-refractivity contribution in [3.8, 4) is 16.9 Å². The molecule has 3 aromatic rings. The van der Waals surface area contributed by atoms with Gasteiger partial charge in [-0.05, 0) is 35.9 Å². The molecular formula is C17H15FN2O4S. The molecule has 0 aliphatic carbocycles. The van der Waals surface area contributed by atoms with Crippen LogP contribution in [0.25, 0.3) is 11.1 Å². The van der Waals surface area contributed by atoms with Gasteiger partial charge < -0.3 is 9.15 Å². The average molecular weight is 362 g/mol. The van der Waals surface area contributed by atoms with Gasteiger partial charge in [-0.25, -0.2) is 17.5 Å². The summed E-state index contributed by atoms with van der Waals surface area (Å²) in [5.41, 5.74) is 2.29. The molecular weight excluding hydrogens is 347 g/mol. The molecule has 0 atom stereocenters. The number of benzene rings is 1. The number of hydrogen-bond acceptors (Lipinski definition) is 5. The van der Waals surface area contributed by atoms with E-state index in [1.807, 2.05) is 0 Å². The summed E-state index contributed by atoms with van der Waals surface area (Å²) in [4.78, 5) is 3.85. The van der Waals surface area contributed by atoms with E-state index in [-0.39, 0.29) is 17.2 Å². The highest BCUT2D eigenvalue weighted by atomic mass is 32.2. The van der Waals surface area contributed by atoms with Crippen molar-refractivity contribution in [1.29, 1.82) is 0 Å². The molecule has 0 aliphatic rings. The molecule has 0 saturated heterocycles. The number of rotatable bonds is 6. The summed E-state index contributed by atoms with van der Waals surface area (Å²) < 4.78 is 50.8. The van der Waals surface area contributed by atoms with Gasteiger partial charge in [0.25, 0.3) is 0 Å². The molecule has 2 heterocycles. The van der Waals surface area contributed by atoms with Gasteiger partial charge in [-0.2, -0.15) is 0 Å². The average Bonchev–Trinajstić information content (AvgIpc) is 3.15. The lowest BCUT2D eigenvalue weighted by molar-refractivity contribution is 0.400. The summed E-state index contributed by atoms with van der Waals surface area (Å²) in [6, 6.07) is 6.90. The second-order valence-corrected chi connectivity index (χ2v) is 6.95. The van der Waals surface area contributed by atoms with Crippen LogP contribution in [0.3, 0.4) is 0 Å². The summed E-state index contributed by atoms with van der Waals surface area (Å²) in [5, 5.41) is 0. The highest BCUT2D eigenvalue weighted by molar-refractivity contribution is 7.89. The molecule has 0 saturated carbocycles. The quantitative estimate of drug-likeness (QED) is 0.729. The maximum Gasteiger partial charge on any atom is 0.244 e. The Morgan fingerprint density at radius 2 is 2.04 bits per heavy atom. The molecule has 25 heavy (non-hydrogen) atoms. The summed E-state index contributed by atoms with van der Waals surface area (Å²) in [7, 11) is -2.63. The molecule has 8 heteroatoms. The smallest absolute Gasteiger partial charge is 0.244 e. The number of furan rings is 1. The van der Waals surface area contributed by atoms with Gasteiger partial charge >= 0.3 is 0 Å². The van der Waals surface area contributed by atoms with Gasteiger partial charge in [0, 0.05) is 30.1 Å². The van der Waals surface area contributed by atoms with E-state index in [1.165, 1.54) is 13.2 Å². The fraction of sp³-hybridized carbons (Fsp3) is 0.118. The molecule has 0 aliphatic heterocycles. The summed E-state index contributed by atoms with van der Waals surface area (Å²) in [5.74, 6) is -0.594. The zero-order valence-electron chi connectivity index (χ0n) is 13.3. The number of hydrogen-bond donors (Lipinski definition) is 1. The number of pyridine rings is 1. The normalized spacial score (nSPS) is 11.4. The monoisotopic (exact) mass is 362 g/mol. The van der Waals surface area contributed by atoms with E-state index in [1.54, 1.807) is 37.1 Å². The van der Waals surface area contributed by atoms with Crippen LogP contribution in [0, 0.1) is 5.82 Å². The SMILES string of the molecule is COc1ccc(F)cc1S(=O)(=O)NCc1cncc(-c2ccoc2)c1. The molecule has 1 N–H and O–H groups in total. The van der Waals surface area contributed by atoms with Crippen LogP contribution in [0.1, 0.15) is 5.56 Å². The minimum absolute atomic E-state index is 0.000687. The third-order valence-electron chi connectivity index (χ3n) is 3.53. The number of halogens is 1. The third kappa shape index (κ3) is 3.86. The highest BCUT2D eigenvalue weighted by Gasteiger charge is 2.20. The summed E-state index contributed by atoms with van der Waals surface area (Å²) in [6.45, 7) is 0.000687. The predicted molar refractivity (Wildman–Crippen MR) is 88.9 cm³/mol. The fourth-order valence-corrected chi connectivity index (χ4v) is 3.48. The molecule has 0 bridgehead atoms. The van der Waals surface area contributed by atoms with Gasteiger partial charge in [0.2, 0.25) is 10.0 Å². The Morgan fingerprint density at radius 1 is 1.20 bits per heavy atom. The maximum absolute atomic E-state index is 13.4. The van der Waals surface area contributed by atoms with Crippen LogP contribution in [-0.2, 0) is 16.6 Å². The Bertz CT molecular complexity index is 972. The number of nitrogens with zero attached hydrogens (tertiary/aromatic N) is 1. The van der Waals surface area contributed by atoms with Crippen LogP contribution in [0.15, 0.2) is 64.6 Å². The highest BCUT2D eigenvalue weighted by Crippen LogP contribution is 2.25. The first-order valence-corrected chi connectivity index (χ1v) is 8.77. The van der Waals surface area contributed by atoms with Crippen molar-refractivity contribution in [2.45, 2.75) is 11.4 Å². The van der Waals surface area contributed by atoms with Crippen LogP contribution in [0.5, 0.6) is 5.75 Å². The van der Waals surface area contributed by atoms with Crippen LogP contribution in [0.4, 0.5) is 4.39 Å². The largest absolute Gasteiger partial charge is 0.495 e. The molecule has 0 fully saturated rings. The van der Waals surface area contributed by atoms with Crippen LogP contribution < -0.4 is 9.46 Å². The summed E-state index contributed by atoms with van der Waals surface area (Å²) >= 11 is 0. The number of ether oxygens (including phenoxy) is 1. The minimum Gasteiger partial charge on any atom is -0.495 e. The number of sulfonamides is 1. The second kappa shape index (κ2) is 7.04. The van der Waals surface area contributed by atoms with Crippen molar-refractivity contribution in [2.24, 2.45) is 0 Å². The van der Waals surface area contributed by atoms with E-state index in [2.05, 4.69) is 9.71 Å². The molecule has 0 spiro atoms. The minimum atomic E-state index is -3.95. The fourth-order valence-electron chi connectivity index (χ4n) is 2.29. The number of methoxy groups -OCH3 is 1. The molecule has 3 rings (SSSR count). The van der Waals surface area contributed by atoms with E-state index < -0.39 is 15.8 Å². The Kier molecular flexibility index (Phi) is 4.82. The lowest BCUT2D eigenvalue weighted by atomic mass is 10.1. The van der Waals surface area contributed by atoms with E-state index in [4.69, 9.17) is 9.15 Å². The second-order valence-electron chi connectivity index (χ2n) is 5.21. The van der Waals surface area contributed by atoms with Crippen LogP contribution in [-0.4, -0.2) is 20.5 Å². The molecule has 0 unspecified atom stereocenters. The van der Waals surface area contributed by atoms with Crippen molar-refractivity contribution in [3.63, 3.8) is 0 Å². The number of aromatic nitrogens is 1. The van der Waals surface area contributed by atoms with Gasteiger partial charge in [0.05, 0.1) is 19.6 Å². The third-order valence-corrected chi connectivity index (χ3v) is 4.95. The first kappa shape index (κ1) is 17.1. The first-order chi connectivity index (χ1) is 12.0. The predicted octanol–water partition coefficient (Wildman–Crippen LogP) is 2.97. The van der Waals surface area contributed by atoms with Crippen LogP contribution >= 0.6 is 0 Å². The Labute approximate surface area is 144 Å². The van der Waals surface area contributed by atoms with E-state index in [0.717, 1.165) is 23.3 Å². The summed E-state index contributed by atoms with van der Waals surface area (Å²) in [6.07, 6.45) is 6.32. The molecule has 0 amide bonds. The zero-order chi connectivity index (χ0) is 17.9. The van der Waals surface area contributed by atoms with Gasteiger partial charge in [0.15, 0.2) is 0 Å². The Morgan fingerprint density at radius 3 is 2.76 bits per heavy atom. The first-order valence-electron chi connectivity index (χ1n) is 7.29. The molecule has 2 aromatic heterocycles. The van der Waals surface area contributed by atoms with Crippen molar-refractivity contribution in [2.75, 3.05) is 7.11 Å². The standard InChI is InChI=1S/C17H15FN2O4S/c1-23-16-3-2-15(18)7-17(16)25(21,22)20-9-12-6-14(10-19-8-12)13-4-5-24-11-13/h2-8,10-11,20H,9H2,1H3. The lowest BCUT2D eigenvalue weighted by Gasteiger charge is -2.11. The van der Waals surface area contributed by atoms with Gasteiger partial charge in [0.1, 0.15) is 16.5 Å². The topological polar surface area (TPSA) is 81.4 Å². The van der Waals surface area contributed by atoms with E-state index >= 15 is 0 Å². The molecule has 1 aromatic carbocycles. The van der Waals surface area contributed by atoms with Crippen molar-refractivity contribution < 1.29 is 22.0 Å². The molecule has 130 valence electrons. The van der Waals surface area contributed by atoms with E-state index in [9.17, 15) is 12.8 Å². The van der Waals surface area contributed by atoms with Gasteiger partial charge in [-0.1, -0.05) is 0 Å². The maximum atomic E-state index is 13.4.